The highest BCUT2D eigenvalue weighted by molar-refractivity contribution is 7.89. The van der Waals surface area contributed by atoms with Gasteiger partial charge in [0.15, 0.2) is 0 Å². The normalized spacial score (nSPS) is 21.2. The average Bonchev–Trinajstić information content (AvgIpc) is 2.94. The molecule has 2 N–H and O–H groups in total. The number of alkyl halides is 2. The molecule has 2 atom stereocenters. The van der Waals surface area contributed by atoms with Gasteiger partial charge in [-0.05, 0) is 29.8 Å². The van der Waals surface area contributed by atoms with Crippen LogP contribution >= 0.6 is 23.2 Å². The quantitative estimate of drug-likeness (QED) is 0.641. The van der Waals surface area contributed by atoms with Gasteiger partial charge >= 0.3 is 0 Å². The van der Waals surface area contributed by atoms with E-state index in [4.69, 9.17) is 32.9 Å². The minimum absolute atomic E-state index is 0.00984. The maximum atomic E-state index is 13.4. The summed E-state index contributed by atoms with van der Waals surface area (Å²) in [6.45, 7) is 0. The van der Waals surface area contributed by atoms with Gasteiger partial charge in [-0.3, -0.25) is 0 Å². The van der Waals surface area contributed by atoms with Gasteiger partial charge in [-0.1, -0.05) is 29.4 Å². The van der Waals surface area contributed by atoms with Crippen LogP contribution in [0.25, 0.3) is 11.4 Å². The van der Waals surface area contributed by atoms with E-state index >= 15 is 0 Å². The van der Waals surface area contributed by atoms with Crippen molar-refractivity contribution >= 4 is 33.2 Å². The van der Waals surface area contributed by atoms with Crippen LogP contribution in [-0.2, 0) is 10.0 Å². The summed E-state index contributed by atoms with van der Waals surface area (Å²) in [7, 11) is -3.79. The van der Waals surface area contributed by atoms with Crippen LogP contribution in [0.5, 0.6) is 0 Å². The summed E-state index contributed by atoms with van der Waals surface area (Å²) < 4.78 is 40.2. The van der Waals surface area contributed by atoms with Gasteiger partial charge in [0.2, 0.25) is 21.7 Å². The standard InChI is InChI=1S/C17H12Cl2FN3O3S/c18-17(19)13(9-4-6-12(7-5-9)27(21,24)25)14(17)16-22-15(23-26-16)10-2-1-3-11(20)8-10/h1-8,13-14H,(H2,21,24,25). The van der Waals surface area contributed by atoms with Crippen LogP contribution in [-0.4, -0.2) is 22.9 Å². The number of halogens is 3. The van der Waals surface area contributed by atoms with Crippen LogP contribution in [0.15, 0.2) is 57.9 Å². The van der Waals surface area contributed by atoms with Gasteiger partial charge in [0.25, 0.3) is 0 Å². The fraction of sp³-hybridized carbons (Fsp3) is 0.176. The first-order valence-electron chi connectivity index (χ1n) is 7.78. The summed E-state index contributed by atoms with van der Waals surface area (Å²) in [5.41, 5.74) is 1.18. The lowest BCUT2D eigenvalue weighted by atomic mass is 10.1. The summed E-state index contributed by atoms with van der Waals surface area (Å²) in [5, 5.41) is 8.96. The molecule has 0 spiro atoms. The molecule has 0 aliphatic heterocycles. The summed E-state index contributed by atoms with van der Waals surface area (Å²) in [6, 6.07) is 11.8. The first kappa shape index (κ1) is 18.4. The minimum Gasteiger partial charge on any atom is -0.339 e. The highest BCUT2D eigenvalue weighted by Gasteiger charge is 2.67. The molecule has 1 aromatic heterocycles. The second kappa shape index (κ2) is 6.27. The molecule has 10 heteroatoms. The fourth-order valence-electron chi connectivity index (χ4n) is 3.02. The molecular formula is C17H12Cl2FN3O3S. The highest BCUT2D eigenvalue weighted by Crippen LogP contribution is 2.69. The molecule has 0 saturated heterocycles. The molecule has 3 aromatic rings. The van der Waals surface area contributed by atoms with Crippen molar-refractivity contribution < 1.29 is 17.3 Å². The summed E-state index contributed by atoms with van der Waals surface area (Å²) >= 11 is 12.8. The number of sulfonamides is 1. The van der Waals surface area contributed by atoms with Gasteiger partial charge in [-0.15, -0.1) is 23.2 Å². The number of nitrogens with zero attached hydrogens (tertiary/aromatic N) is 2. The molecule has 140 valence electrons. The van der Waals surface area contributed by atoms with Gasteiger partial charge in [-0.2, -0.15) is 4.98 Å². The van der Waals surface area contributed by atoms with Crippen LogP contribution in [0.1, 0.15) is 23.3 Å². The predicted molar refractivity (Wildman–Crippen MR) is 97.4 cm³/mol. The van der Waals surface area contributed by atoms with Crippen molar-refractivity contribution in [3.63, 3.8) is 0 Å². The second-order valence-corrected chi connectivity index (χ2v) is 9.22. The van der Waals surface area contributed by atoms with E-state index in [0.29, 0.717) is 11.1 Å². The maximum Gasteiger partial charge on any atom is 0.238 e. The summed E-state index contributed by atoms with van der Waals surface area (Å²) in [6.07, 6.45) is 0. The topological polar surface area (TPSA) is 99.1 Å². The Morgan fingerprint density at radius 1 is 1.11 bits per heavy atom. The molecule has 1 fully saturated rings. The van der Waals surface area contributed by atoms with Crippen LogP contribution in [0.4, 0.5) is 4.39 Å². The van der Waals surface area contributed by atoms with E-state index in [2.05, 4.69) is 10.1 Å². The highest BCUT2D eigenvalue weighted by atomic mass is 35.5. The number of aromatic nitrogens is 2. The number of hydrogen-bond donors (Lipinski definition) is 1. The SMILES string of the molecule is NS(=O)(=O)c1ccc(C2C(c3nc(-c4cccc(F)c4)no3)C2(Cl)Cl)cc1. The zero-order valence-electron chi connectivity index (χ0n) is 13.5. The van der Waals surface area contributed by atoms with E-state index in [-0.39, 0.29) is 22.5 Å². The number of benzene rings is 2. The van der Waals surface area contributed by atoms with Crippen molar-refractivity contribution in [3.05, 3.63) is 65.8 Å². The van der Waals surface area contributed by atoms with E-state index in [1.54, 1.807) is 24.3 Å². The molecule has 1 saturated carbocycles. The number of primary sulfonamides is 1. The number of nitrogens with two attached hydrogens (primary N) is 1. The Bertz CT molecular complexity index is 1120. The molecule has 4 rings (SSSR count). The minimum atomic E-state index is -3.79. The third-order valence-corrected chi connectivity index (χ3v) is 6.28. The molecule has 0 amide bonds. The Balaban J connectivity index is 1.62. The van der Waals surface area contributed by atoms with Gasteiger partial charge in [0.1, 0.15) is 10.2 Å². The number of rotatable bonds is 4. The molecule has 1 aliphatic rings. The Labute approximate surface area is 164 Å². The largest absolute Gasteiger partial charge is 0.339 e. The van der Waals surface area contributed by atoms with E-state index in [1.165, 1.54) is 24.3 Å². The molecule has 1 aliphatic carbocycles. The lowest BCUT2D eigenvalue weighted by Crippen LogP contribution is -2.11. The second-order valence-electron chi connectivity index (χ2n) is 6.21. The Hall–Kier alpha value is -2.00. The Morgan fingerprint density at radius 2 is 1.81 bits per heavy atom. The summed E-state index contributed by atoms with van der Waals surface area (Å²) in [4.78, 5) is 4.27. The predicted octanol–water partition coefficient (Wildman–Crippen LogP) is 3.58. The smallest absolute Gasteiger partial charge is 0.238 e. The number of hydrogen-bond acceptors (Lipinski definition) is 5. The molecule has 0 bridgehead atoms. The van der Waals surface area contributed by atoms with Gasteiger partial charge in [-0.25, -0.2) is 17.9 Å². The monoisotopic (exact) mass is 427 g/mol. The zero-order chi connectivity index (χ0) is 19.4. The summed E-state index contributed by atoms with van der Waals surface area (Å²) in [5.74, 6) is -0.807. The Kier molecular flexibility index (Phi) is 4.27. The average molecular weight is 428 g/mol. The van der Waals surface area contributed by atoms with E-state index < -0.39 is 26.1 Å². The molecule has 2 unspecified atom stereocenters. The van der Waals surface area contributed by atoms with Crippen molar-refractivity contribution in [2.24, 2.45) is 5.14 Å². The zero-order valence-corrected chi connectivity index (χ0v) is 15.8. The van der Waals surface area contributed by atoms with Crippen LogP contribution in [0, 0.1) is 5.82 Å². The van der Waals surface area contributed by atoms with Gasteiger partial charge < -0.3 is 4.52 Å². The van der Waals surface area contributed by atoms with Gasteiger partial charge in [0.05, 0.1) is 10.8 Å². The lowest BCUT2D eigenvalue weighted by Gasteiger charge is -2.02. The van der Waals surface area contributed by atoms with Crippen LogP contribution < -0.4 is 5.14 Å². The molecule has 27 heavy (non-hydrogen) atoms. The van der Waals surface area contributed by atoms with Crippen molar-refractivity contribution in [1.29, 1.82) is 0 Å². The lowest BCUT2D eigenvalue weighted by molar-refractivity contribution is 0.378. The van der Waals surface area contributed by atoms with Crippen molar-refractivity contribution in [3.8, 4) is 11.4 Å². The van der Waals surface area contributed by atoms with Crippen molar-refractivity contribution in [1.82, 2.24) is 10.1 Å². The third-order valence-electron chi connectivity index (χ3n) is 4.41. The molecule has 6 nitrogen and oxygen atoms in total. The van der Waals surface area contributed by atoms with Crippen LogP contribution in [0.2, 0.25) is 0 Å². The molecule has 0 radical (unpaired) electrons. The van der Waals surface area contributed by atoms with Crippen molar-refractivity contribution in [2.45, 2.75) is 21.1 Å². The first-order valence-corrected chi connectivity index (χ1v) is 10.1. The third kappa shape index (κ3) is 3.34. The van der Waals surface area contributed by atoms with E-state index in [9.17, 15) is 12.8 Å². The van der Waals surface area contributed by atoms with E-state index in [1.807, 2.05) is 0 Å². The van der Waals surface area contributed by atoms with Crippen LogP contribution in [0.3, 0.4) is 0 Å². The fourth-order valence-corrected chi connectivity index (χ4v) is 4.35. The molecular weight excluding hydrogens is 416 g/mol. The Morgan fingerprint density at radius 3 is 2.44 bits per heavy atom. The van der Waals surface area contributed by atoms with Gasteiger partial charge in [0, 0.05) is 11.5 Å². The van der Waals surface area contributed by atoms with E-state index in [0.717, 1.165) is 0 Å². The maximum absolute atomic E-state index is 13.4. The first-order chi connectivity index (χ1) is 12.7. The molecule has 1 heterocycles. The molecule has 2 aromatic carbocycles. The van der Waals surface area contributed by atoms with Crippen molar-refractivity contribution in [2.75, 3.05) is 0 Å².